The van der Waals surface area contributed by atoms with Gasteiger partial charge in [-0.3, -0.25) is 4.90 Å². The number of methoxy groups -OCH3 is 1. The van der Waals surface area contributed by atoms with E-state index in [0.29, 0.717) is 5.76 Å². The first-order valence-electron chi connectivity index (χ1n) is 7.55. The number of hydrogen-bond acceptors (Lipinski definition) is 5. The summed E-state index contributed by atoms with van der Waals surface area (Å²) >= 11 is 0. The van der Waals surface area contributed by atoms with Gasteiger partial charge in [0.05, 0.1) is 30.7 Å². The highest BCUT2D eigenvalue weighted by molar-refractivity contribution is 5.92. The lowest BCUT2D eigenvalue weighted by molar-refractivity contribution is 0.0600. The summed E-state index contributed by atoms with van der Waals surface area (Å²) in [5.41, 5.74) is 0.0287. The Hall–Kier alpha value is -2.87. The van der Waals surface area contributed by atoms with Crippen LogP contribution < -0.4 is 10.6 Å². The zero-order chi connectivity index (χ0) is 18.4. The average Bonchev–Trinajstić information content (AvgIpc) is 3.10. The van der Waals surface area contributed by atoms with Gasteiger partial charge in [-0.2, -0.15) is 0 Å². The van der Waals surface area contributed by atoms with E-state index in [-0.39, 0.29) is 23.8 Å². The van der Waals surface area contributed by atoms with Crippen molar-refractivity contribution in [1.29, 1.82) is 0 Å². The first kappa shape index (κ1) is 18.5. The molecule has 134 valence electrons. The Morgan fingerprint density at radius 2 is 2.08 bits per heavy atom. The Morgan fingerprint density at radius 1 is 1.32 bits per heavy atom. The zero-order valence-corrected chi connectivity index (χ0v) is 14.2. The number of furan rings is 1. The van der Waals surface area contributed by atoms with Crippen molar-refractivity contribution in [2.24, 2.45) is 0 Å². The van der Waals surface area contributed by atoms with Gasteiger partial charge in [0.1, 0.15) is 11.6 Å². The maximum atomic E-state index is 14.0. The molecule has 2 rings (SSSR count). The summed E-state index contributed by atoms with van der Waals surface area (Å²) in [6, 6.07) is 6.54. The Labute approximate surface area is 144 Å². The molecule has 7 nitrogen and oxygen atoms in total. The molecule has 0 spiro atoms. The van der Waals surface area contributed by atoms with Gasteiger partial charge in [0.25, 0.3) is 0 Å². The number of hydrogen-bond donors (Lipinski definition) is 2. The topological polar surface area (TPSA) is 83.8 Å². The molecule has 25 heavy (non-hydrogen) atoms. The number of rotatable bonds is 6. The summed E-state index contributed by atoms with van der Waals surface area (Å²) in [5, 5.41) is 5.07. The highest BCUT2D eigenvalue weighted by Crippen LogP contribution is 2.18. The largest absolute Gasteiger partial charge is 0.468 e. The van der Waals surface area contributed by atoms with Crippen molar-refractivity contribution < 1.29 is 23.1 Å². The second kappa shape index (κ2) is 8.29. The van der Waals surface area contributed by atoms with Crippen molar-refractivity contribution in [3.63, 3.8) is 0 Å². The molecule has 1 atom stereocenters. The number of anilines is 1. The van der Waals surface area contributed by atoms with E-state index in [1.807, 2.05) is 25.1 Å². The highest BCUT2D eigenvalue weighted by Gasteiger charge is 2.18. The van der Waals surface area contributed by atoms with Crippen LogP contribution in [-0.4, -0.2) is 44.7 Å². The fraction of sp³-hybridized carbons (Fsp3) is 0.294. The first-order chi connectivity index (χ1) is 11.9. The Balaban J connectivity index is 1.97. The lowest BCUT2D eigenvalue weighted by atomic mass is 10.2. The molecule has 0 unspecified atom stereocenters. The summed E-state index contributed by atoms with van der Waals surface area (Å²) < 4.78 is 23.9. The maximum Gasteiger partial charge on any atom is 0.337 e. The van der Waals surface area contributed by atoms with Crippen LogP contribution in [-0.2, 0) is 4.74 Å². The minimum Gasteiger partial charge on any atom is -0.468 e. The standard InChI is InChI=1S/C17H20FN3O4/c1-21(2)14(15-5-4-8-25-15)10-19-17(23)20-13-7-6-11(9-12(13)18)16(22)24-3/h4-9,14H,10H2,1-3H3,(H2,19,20,23)/t14-/m1/s1. The van der Waals surface area contributed by atoms with Gasteiger partial charge in [-0.25, -0.2) is 14.0 Å². The van der Waals surface area contributed by atoms with Crippen molar-refractivity contribution in [3.05, 3.63) is 53.7 Å². The molecule has 0 radical (unpaired) electrons. The van der Waals surface area contributed by atoms with Crippen molar-refractivity contribution in [3.8, 4) is 0 Å². The van der Waals surface area contributed by atoms with Gasteiger partial charge in [-0.15, -0.1) is 0 Å². The van der Waals surface area contributed by atoms with E-state index in [4.69, 9.17) is 4.42 Å². The average molecular weight is 349 g/mol. The lowest BCUT2D eigenvalue weighted by Gasteiger charge is -2.22. The smallest absolute Gasteiger partial charge is 0.337 e. The maximum absolute atomic E-state index is 14.0. The molecule has 0 bridgehead atoms. The molecule has 8 heteroatoms. The van der Waals surface area contributed by atoms with Gasteiger partial charge in [-0.05, 0) is 44.4 Å². The third kappa shape index (κ3) is 4.80. The van der Waals surface area contributed by atoms with Crippen LogP contribution >= 0.6 is 0 Å². The van der Waals surface area contributed by atoms with E-state index in [1.54, 1.807) is 12.3 Å². The van der Waals surface area contributed by atoms with Crippen LogP contribution in [0.3, 0.4) is 0 Å². The number of benzene rings is 1. The molecule has 2 N–H and O–H groups in total. The van der Waals surface area contributed by atoms with Gasteiger partial charge in [0.15, 0.2) is 0 Å². The Morgan fingerprint density at radius 3 is 2.64 bits per heavy atom. The number of esters is 1. The Kier molecular flexibility index (Phi) is 6.13. The van der Waals surface area contributed by atoms with Crippen molar-refractivity contribution >= 4 is 17.7 Å². The van der Waals surface area contributed by atoms with Crippen molar-refractivity contribution in [1.82, 2.24) is 10.2 Å². The van der Waals surface area contributed by atoms with E-state index >= 15 is 0 Å². The molecule has 2 amide bonds. The summed E-state index contributed by atoms with van der Waals surface area (Å²) in [7, 11) is 4.93. The second-order valence-corrected chi connectivity index (χ2v) is 5.52. The fourth-order valence-electron chi connectivity index (χ4n) is 2.24. The Bertz CT molecular complexity index is 731. The van der Waals surface area contributed by atoms with Crippen LogP contribution in [0, 0.1) is 5.82 Å². The summed E-state index contributed by atoms with van der Waals surface area (Å²) in [4.78, 5) is 25.3. The van der Waals surface area contributed by atoms with Crippen molar-refractivity contribution in [2.75, 3.05) is 33.1 Å². The highest BCUT2D eigenvalue weighted by atomic mass is 19.1. The number of halogens is 1. The van der Waals surface area contributed by atoms with E-state index < -0.39 is 17.8 Å². The van der Waals surface area contributed by atoms with E-state index in [9.17, 15) is 14.0 Å². The van der Waals surface area contributed by atoms with Gasteiger partial charge < -0.3 is 19.8 Å². The van der Waals surface area contributed by atoms with E-state index in [1.165, 1.54) is 19.2 Å². The van der Waals surface area contributed by atoms with Crippen LogP contribution in [0.25, 0.3) is 0 Å². The van der Waals surface area contributed by atoms with Gasteiger partial charge in [-0.1, -0.05) is 0 Å². The number of ether oxygens (including phenoxy) is 1. The normalized spacial score (nSPS) is 11.9. The summed E-state index contributed by atoms with van der Waals surface area (Å²) in [6.45, 7) is 0.272. The fourth-order valence-corrected chi connectivity index (χ4v) is 2.24. The first-order valence-corrected chi connectivity index (χ1v) is 7.55. The monoisotopic (exact) mass is 349 g/mol. The van der Waals surface area contributed by atoms with Gasteiger partial charge in [0, 0.05) is 6.54 Å². The number of carbonyl (C=O) groups excluding carboxylic acids is 2. The molecule has 1 aromatic carbocycles. The third-order valence-corrected chi connectivity index (χ3v) is 3.59. The molecule has 0 aliphatic carbocycles. The predicted octanol–water partition coefficient (Wildman–Crippen LogP) is 2.63. The van der Waals surface area contributed by atoms with Gasteiger partial charge in [0.2, 0.25) is 0 Å². The molecular formula is C17H20FN3O4. The molecule has 0 saturated heterocycles. The second-order valence-electron chi connectivity index (χ2n) is 5.52. The van der Waals surface area contributed by atoms with Crippen molar-refractivity contribution in [2.45, 2.75) is 6.04 Å². The number of urea groups is 1. The number of amides is 2. The molecule has 0 aliphatic rings. The molecule has 0 saturated carbocycles. The minimum absolute atomic E-state index is 0.0374. The lowest BCUT2D eigenvalue weighted by Crippen LogP contribution is -2.36. The minimum atomic E-state index is -0.728. The molecule has 1 heterocycles. The molecule has 2 aromatic rings. The van der Waals surface area contributed by atoms with Crippen LogP contribution in [0.1, 0.15) is 22.2 Å². The van der Waals surface area contributed by atoms with Crippen LogP contribution in [0.5, 0.6) is 0 Å². The molecule has 1 aromatic heterocycles. The third-order valence-electron chi connectivity index (χ3n) is 3.59. The zero-order valence-electron chi connectivity index (χ0n) is 14.2. The summed E-state index contributed by atoms with van der Waals surface area (Å²) in [6.07, 6.45) is 1.56. The number of likely N-dealkylation sites (N-methyl/N-ethyl adjacent to an activating group) is 1. The number of nitrogens with one attached hydrogen (secondary N) is 2. The van der Waals surface area contributed by atoms with E-state index in [2.05, 4.69) is 15.4 Å². The van der Waals surface area contributed by atoms with Crippen LogP contribution in [0.15, 0.2) is 41.0 Å². The van der Waals surface area contributed by atoms with Crippen LogP contribution in [0.2, 0.25) is 0 Å². The molecule has 0 aliphatic heterocycles. The predicted molar refractivity (Wildman–Crippen MR) is 89.9 cm³/mol. The SMILES string of the molecule is COC(=O)c1ccc(NC(=O)NC[C@H](c2ccco2)N(C)C)c(F)c1. The molecular weight excluding hydrogens is 329 g/mol. The quantitative estimate of drug-likeness (QED) is 0.783. The molecule has 0 fully saturated rings. The number of nitrogens with zero attached hydrogens (tertiary/aromatic N) is 1. The van der Waals surface area contributed by atoms with E-state index in [0.717, 1.165) is 6.07 Å². The van der Waals surface area contributed by atoms with Crippen LogP contribution in [0.4, 0.5) is 14.9 Å². The number of carbonyl (C=O) groups is 2. The summed E-state index contributed by atoms with van der Waals surface area (Å²) in [5.74, 6) is -0.672. The van der Waals surface area contributed by atoms with Gasteiger partial charge >= 0.3 is 12.0 Å².